The van der Waals surface area contributed by atoms with Gasteiger partial charge in [0.2, 0.25) is 5.91 Å². The summed E-state index contributed by atoms with van der Waals surface area (Å²) in [6.07, 6.45) is 2.32. The number of thioether (sulfide) groups is 1. The van der Waals surface area contributed by atoms with Crippen LogP contribution in [-0.4, -0.2) is 21.1 Å². The number of fused-ring (bicyclic) bond motifs is 1. The van der Waals surface area contributed by atoms with Crippen LogP contribution in [0.5, 0.6) is 0 Å². The summed E-state index contributed by atoms with van der Waals surface area (Å²) in [5, 5.41) is 4.75. The van der Waals surface area contributed by atoms with Crippen LogP contribution in [0.15, 0.2) is 41.7 Å². The van der Waals surface area contributed by atoms with E-state index in [0.29, 0.717) is 0 Å². The second-order valence-corrected chi connectivity index (χ2v) is 7.91. The van der Waals surface area contributed by atoms with Crippen LogP contribution in [0.25, 0.3) is 10.2 Å². The van der Waals surface area contributed by atoms with Crippen molar-refractivity contribution in [3.8, 4) is 0 Å². The second kappa shape index (κ2) is 7.32. The summed E-state index contributed by atoms with van der Waals surface area (Å²) >= 11 is 3.19. The van der Waals surface area contributed by atoms with E-state index in [-0.39, 0.29) is 11.2 Å². The summed E-state index contributed by atoms with van der Waals surface area (Å²) in [4.78, 5) is 23.6. The Morgan fingerprint density at radius 1 is 1.25 bits per heavy atom. The topological polar surface area (TPSA) is 54.9 Å². The molecule has 1 atom stereocenters. The number of aromatic nitrogens is 2. The molecule has 1 N–H and O–H groups in total. The molecule has 0 aliphatic rings. The number of nitrogens with one attached hydrogen (secondary N) is 1. The van der Waals surface area contributed by atoms with Crippen molar-refractivity contribution in [2.75, 3.05) is 5.32 Å². The van der Waals surface area contributed by atoms with E-state index in [1.807, 2.05) is 37.3 Å². The highest BCUT2D eigenvalue weighted by atomic mass is 32.2. The molecular weight excluding hydrogens is 338 g/mol. The maximum atomic E-state index is 12.6. The highest BCUT2D eigenvalue weighted by Gasteiger charge is 2.21. The zero-order valence-corrected chi connectivity index (χ0v) is 15.5. The smallest absolute Gasteiger partial charge is 0.237 e. The molecule has 6 heteroatoms. The quantitative estimate of drug-likeness (QED) is 0.525. The Bertz CT molecular complexity index is 861. The fourth-order valence-electron chi connectivity index (χ4n) is 2.44. The van der Waals surface area contributed by atoms with Crippen LogP contribution >= 0.6 is 23.1 Å². The van der Waals surface area contributed by atoms with Crippen LogP contribution in [0.2, 0.25) is 0 Å². The van der Waals surface area contributed by atoms with Gasteiger partial charge in [-0.05, 0) is 38.0 Å². The van der Waals surface area contributed by atoms with Crippen LogP contribution in [0, 0.1) is 13.8 Å². The Kier molecular flexibility index (Phi) is 5.16. The van der Waals surface area contributed by atoms with Crippen molar-refractivity contribution in [2.45, 2.75) is 37.5 Å². The van der Waals surface area contributed by atoms with Gasteiger partial charge < -0.3 is 5.32 Å². The number of aryl methyl sites for hydroxylation is 2. The van der Waals surface area contributed by atoms with Gasteiger partial charge in [-0.25, -0.2) is 9.97 Å². The largest absolute Gasteiger partial charge is 0.325 e. The summed E-state index contributed by atoms with van der Waals surface area (Å²) in [7, 11) is 0. The van der Waals surface area contributed by atoms with E-state index in [1.54, 1.807) is 17.7 Å². The molecule has 2 aromatic heterocycles. The number of benzene rings is 1. The Balaban J connectivity index is 1.84. The molecule has 0 radical (unpaired) electrons. The van der Waals surface area contributed by atoms with Crippen LogP contribution in [0.3, 0.4) is 0 Å². The van der Waals surface area contributed by atoms with Crippen molar-refractivity contribution >= 4 is 44.9 Å². The lowest BCUT2D eigenvalue weighted by Crippen LogP contribution is -2.24. The summed E-state index contributed by atoms with van der Waals surface area (Å²) in [6.45, 7) is 6.20. The number of nitrogens with zero attached hydrogens (tertiary/aromatic N) is 2. The van der Waals surface area contributed by atoms with Gasteiger partial charge in [-0.3, -0.25) is 4.79 Å². The first kappa shape index (κ1) is 16.9. The second-order valence-electron chi connectivity index (χ2n) is 5.51. The molecule has 1 aromatic carbocycles. The lowest BCUT2D eigenvalue weighted by atomic mass is 10.2. The van der Waals surface area contributed by atoms with E-state index in [9.17, 15) is 4.79 Å². The van der Waals surface area contributed by atoms with Crippen LogP contribution < -0.4 is 5.32 Å². The highest BCUT2D eigenvalue weighted by Crippen LogP contribution is 2.36. The third-order valence-electron chi connectivity index (χ3n) is 3.89. The molecule has 1 amide bonds. The van der Waals surface area contributed by atoms with E-state index in [4.69, 9.17) is 0 Å². The molecule has 2 heterocycles. The SMILES string of the molecule is CCC(Sc1ncnc2sc(C)c(C)c12)C(=O)Nc1ccccc1. The molecular formula is C18H19N3OS2. The van der Waals surface area contributed by atoms with E-state index in [1.165, 1.54) is 22.2 Å². The minimum absolute atomic E-state index is 0.00469. The van der Waals surface area contributed by atoms with Gasteiger partial charge in [0.05, 0.1) is 5.25 Å². The van der Waals surface area contributed by atoms with Gasteiger partial charge in [0, 0.05) is 16.0 Å². The molecule has 0 bridgehead atoms. The van der Waals surface area contributed by atoms with Gasteiger partial charge >= 0.3 is 0 Å². The van der Waals surface area contributed by atoms with Crippen molar-refractivity contribution in [3.63, 3.8) is 0 Å². The van der Waals surface area contributed by atoms with Gasteiger partial charge in [-0.2, -0.15) is 0 Å². The number of carbonyl (C=O) groups is 1. The minimum atomic E-state index is -0.192. The number of amides is 1. The standard InChI is InChI=1S/C18H19N3OS2/c1-4-14(16(22)21-13-8-6-5-7-9-13)24-18-15-11(2)12(3)23-17(15)19-10-20-18/h5-10,14H,4H2,1-3H3,(H,21,22). The molecule has 3 aromatic rings. The zero-order chi connectivity index (χ0) is 17.1. The molecule has 0 saturated carbocycles. The first-order valence-corrected chi connectivity index (χ1v) is 9.53. The average molecular weight is 358 g/mol. The first-order chi connectivity index (χ1) is 11.6. The van der Waals surface area contributed by atoms with Crippen LogP contribution in [-0.2, 0) is 4.79 Å². The number of para-hydroxylation sites is 1. The third kappa shape index (κ3) is 3.44. The monoisotopic (exact) mass is 357 g/mol. The summed E-state index contributed by atoms with van der Waals surface area (Å²) < 4.78 is 0. The molecule has 4 nitrogen and oxygen atoms in total. The molecule has 0 spiro atoms. The van der Waals surface area contributed by atoms with Crippen molar-refractivity contribution < 1.29 is 4.79 Å². The molecule has 24 heavy (non-hydrogen) atoms. The normalized spacial score (nSPS) is 12.3. The van der Waals surface area contributed by atoms with Gasteiger partial charge in [-0.1, -0.05) is 36.9 Å². The molecule has 0 fully saturated rings. The summed E-state index contributed by atoms with van der Waals surface area (Å²) in [5.41, 5.74) is 2.02. The Labute approximate surface area is 149 Å². The number of thiophene rings is 1. The fraction of sp³-hybridized carbons (Fsp3) is 0.278. The van der Waals surface area contributed by atoms with Crippen molar-refractivity contribution in [3.05, 3.63) is 47.1 Å². The van der Waals surface area contributed by atoms with Crippen molar-refractivity contribution in [2.24, 2.45) is 0 Å². The summed E-state index contributed by atoms with van der Waals surface area (Å²) in [6, 6.07) is 9.54. The predicted molar refractivity (Wildman–Crippen MR) is 102 cm³/mol. The van der Waals surface area contributed by atoms with Gasteiger partial charge in [0.1, 0.15) is 16.2 Å². The van der Waals surface area contributed by atoms with Crippen LogP contribution in [0.1, 0.15) is 23.8 Å². The van der Waals surface area contributed by atoms with Crippen molar-refractivity contribution in [1.29, 1.82) is 0 Å². The molecule has 0 aliphatic carbocycles. The van der Waals surface area contributed by atoms with Crippen LogP contribution in [0.4, 0.5) is 5.69 Å². The average Bonchev–Trinajstić information content (AvgIpc) is 2.88. The maximum absolute atomic E-state index is 12.6. The highest BCUT2D eigenvalue weighted by molar-refractivity contribution is 8.00. The fourth-order valence-corrected chi connectivity index (χ4v) is 4.58. The Morgan fingerprint density at radius 3 is 2.71 bits per heavy atom. The van der Waals surface area contributed by atoms with Gasteiger partial charge in [-0.15, -0.1) is 11.3 Å². The molecule has 1 unspecified atom stereocenters. The number of rotatable bonds is 5. The van der Waals surface area contributed by atoms with Gasteiger partial charge in [0.15, 0.2) is 0 Å². The Hall–Kier alpha value is -1.92. The van der Waals surface area contributed by atoms with E-state index >= 15 is 0 Å². The molecule has 0 saturated heterocycles. The minimum Gasteiger partial charge on any atom is -0.325 e. The lowest BCUT2D eigenvalue weighted by molar-refractivity contribution is -0.115. The Morgan fingerprint density at radius 2 is 2.00 bits per heavy atom. The number of hydrogen-bond donors (Lipinski definition) is 1. The number of hydrogen-bond acceptors (Lipinski definition) is 5. The number of carbonyl (C=O) groups excluding carboxylic acids is 1. The van der Waals surface area contributed by atoms with E-state index < -0.39 is 0 Å². The number of anilines is 1. The molecule has 124 valence electrons. The maximum Gasteiger partial charge on any atom is 0.237 e. The van der Waals surface area contributed by atoms with Crippen molar-refractivity contribution in [1.82, 2.24) is 9.97 Å². The molecule has 0 aliphatic heterocycles. The third-order valence-corrected chi connectivity index (χ3v) is 6.37. The summed E-state index contributed by atoms with van der Waals surface area (Å²) in [5.74, 6) is 0.00469. The first-order valence-electron chi connectivity index (χ1n) is 7.83. The van der Waals surface area contributed by atoms with E-state index in [2.05, 4.69) is 29.1 Å². The van der Waals surface area contributed by atoms with Gasteiger partial charge in [0.25, 0.3) is 0 Å². The predicted octanol–water partition coefficient (Wildman–Crippen LogP) is 4.82. The zero-order valence-electron chi connectivity index (χ0n) is 13.9. The van der Waals surface area contributed by atoms with E-state index in [0.717, 1.165) is 27.4 Å². The molecule has 3 rings (SSSR count). The lowest BCUT2D eigenvalue weighted by Gasteiger charge is -2.15.